The van der Waals surface area contributed by atoms with E-state index in [0.717, 1.165) is 46.6 Å². The maximum atomic E-state index is 13.4. The molecule has 54 heavy (non-hydrogen) atoms. The molecule has 1 fully saturated rings. The van der Waals surface area contributed by atoms with E-state index in [1.165, 1.54) is 12.1 Å². The Hall–Kier alpha value is -5.82. The van der Waals surface area contributed by atoms with Crippen LogP contribution in [0.3, 0.4) is 0 Å². The van der Waals surface area contributed by atoms with Gasteiger partial charge in [0.25, 0.3) is 11.8 Å². The Bertz CT molecular complexity index is 2280. The molecular weight excluding hydrogens is 707 g/mol. The number of hydrogen-bond donors (Lipinski definition) is 2. The standard InChI is InChI=1S/C21H22FN5O.C19H20ClN5O/c1-21(2,3)23-20(28)16-10-15(13-6-8-17(22)9-7-13)11-18(12-16)27-19(14-4-5-14)24-25-26-27;1-12-22-23-24-25(12)17-10-14(13-5-7-16(20)8-6-13)9-15(11-17)18(26)21-19(2,3)4/h6-12,14H,4-5H2,1-3H3,(H,23,28);5-11H,1-4H3,(H,21,26). The van der Waals surface area contributed by atoms with Crippen molar-refractivity contribution in [2.75, 3.05) is 0 Å². The summed E-state index contributed by atoms with van der Waals surface area (Å²) in [7, 11) is 0. The number of tetrazole rings is 2. The minimum atomic E-state index is -0.364. The van der Waals surface area contributed by atoms with E-state index in [1.54, 1.807) is 39.7 Å². The quantitative estimate of drug-likeness (QED) is 0.169. The van der Waals surface area contributed by atoms with Crippen molar-refractivity contribution in [3.63, 3.8) is 0 Å². The number of aryl methyl sites for hydroxylation is 1. The van der Waals surface area contributed by atoms with Gasteiger partial charge in [-0.2, -0.15) is 9.36 Å². The fourth-order valence-corrected chi connectivity index (χ4v) is 5.74. The Balaban J connectivity index is 0.000000185. The first-order valence-electron chi connectivity index (χ1n) is 17.5. The second kappa shape index (κ2) is 15.3. The number of benzene rings is 4. The second-order valence-electron chi connectivity index (χ2n) is 15.3. The SMILES string of the molecule is CC(C)(C)NC(=O)c1cc(-c2ccc(F)cc2)cc(-n2nnnc2C2CC2)c1.Cc1nnnn1-c1cc(C(=O)NC(C)(C)C)cc(-c2ccc(Cl)cc2)c1. The van der Waals surface area contributed by atoms with Crippen LogP contribution in [0.5, 0.6) is 0 Å². The van der Waals surface area contributed by atoms with Gasteiger partial charge in [-0.15, -0.1) is 10.2 Å². The van der Waals surface area contributed by atoms with Crippen LogP contribution in [0.15, 0.2) is 84.9 Å². The predicted molar refractivity (Wildman–Crippen MR) is 205 cm³/mol. The first kappa shape index (κ1) is 37.9. The van der Waals surface area contributed by atoms with Crippen molar-refractivity contribution >= 4 is 23.4 Å². The topological polar surface area (TPSA) is 145 Å². The lowest BCUT2D eigenvalue weighted by Crippen LogP contribution is -2.40. The molecule has 14 heteroatoms. The molecule has 0 bridgehead atoms. The van der Waals surface area contributed by atoms with E-state index < -0.39 is 0 Å². The molecule has 0 saturated heterocycles. The summed E-state index contributed by atoms with van der Waals surface area (Å²) >= 11 is 5.99. The van der Waals surface area contributed by atoms with E-state index in [2.05, 4.69) is 41.7 Å². The minimum Gasteiger partial charge on any atom is -0.347 e. The van der Waals surface area contributed by atoms with Gasteiger partial charge in [0, 0.05) is 33.1 Å². The van der Waals surface area contributed by atoms with Crippen molar-refractivity contribution in [3.05, 3.63) is 119 Å². The fraction of sp³-hybridized carbons (Fsp3) is 0.300. The first-order chi connectivity index (χ1) is 25.5. The van der Waals surface area contributed by atoms with Gasteiger partial charge in [0.15, 0.2) is 11.6 Å². The van der Waals surface area contributed by atoms with Crippen molar-refractivity contribution in [1.29, 1.82) is 0 Å². The van der Waals surface area contributed by atoms with Crippen LogP contribution in [0, 0.1) is 12.7 Å². The van der Waals surface area contributed by atoms with Crippen molar-refractivity contribution < 1.29 is 14.0 Å². The average Bonchev–Trinajstić information content (AvgIpc) is 3.67. The maximum Gasteiger partial charge on any atom is 0.251 e. The van der Waals surface area contributed by atoms with Crippen LogP contribution in [0.1, 0.15) is 92.7 Å². The molecule has 7 rings (SSSR count). The molecule has 2 N–H and O–H groups in total. The van der Waals surface area contributed by atoms with E-state index in [0.29, 0.717) is 33.6 Å². The van der Waals surface area contributed by atoms with Gasteiger partial charge in [0.1, 0.15) is 5.82 Å². The molecule has 2 amide bonds. The lowest BCUT2D eigenvalue weighted by Gasteiger charge is -2.21. The van der Waals surface area contributed by atoms with Gasteiger partial charge in [-0.3, -0.25) is 9.59 Å². The molecule has 12 nitrogen and oxygen atoms in total. The number of nitrogens with zero attached hydrogens (tertiary/aromatic N) is 8. The van der Waals surface area contributed by atoms with Gasteiger partial charge in [-0.1, -0.05) is 35.9 Å². The molecule has 2 aromatic heterocycles. The van der Waals surface area contributed by atoms with Crippen LogP contribution >= 0.6 is 11.6 Å². The third kappa shape index (κ3) is 9.58. The number of aromatic nitrogens is 8. The van der Waals surface area contributed by atoms with Gasteiger partial charge in [-0.05, 0) is 165 Å². The van der Waals surface area contributed by atoms with Crippen molar-refractivity contribution in [1.82, 2.24) is 51.0 Å². The number of rotatable bonds is 7. The molecule has 2 heterocycles. The molecular formula is C40H42ClFN10O2. The second-order valence-corrected chi connectivity index (χ2v) is 15.8. The number of carbonyl (C=O) groups is 2. The van der Waals surface area contributed by atoms with Crippen LogP contribution in [-0.2, 0) is 0 Å². The highest BCUT2D eigenvalue weighted by Gasteiger charge is 2.30. The minimum absolute atomic E-state index is 0.153. The van der Waals surface area contributed by atoms with E-state index in [1.807, 2.05) is 90.9 Å². The maximum absolute atomic E-state index is 13.4. The summed E-state index contributed by atoms with van der Waals surface area (Å²) in [4.78, 5) is 25.5. The molecule has 6 aromatic rings. The summed E-state index contributed by atoms with van der Waals surface area (Å²) in [5, 5.41) is 30.4. The van der Waals surface area contributed by atoms with Gasteiger partial charge < -0.3 is 10.6 Å². The first-order valence-corrected chi connectivity index (χ1v) is 17.9. The average molecular weight is 749 g/mol. The highest BCUT2D eigenvalue weighted by atomic mass is 35.5. The number of amides is 2. The summed E-state index contributed by atoms with van der Waals surface area (Å²) in [6.45, 7) is 13.4. The number of halogens is 2. The van der Waals surface area contributed by atoms with Crippen LogP contribution in [0.25, 0.3) is 33.6 Å². The largest absolute Gasteiger partial charge is 0.347 e. The van der Waals surface area contributed by atoms with Crippen molar-refractivity contribution in [2.45, 2.75) is 78.3 Å². The third-order valence-corrected chi connectivity index (χ3v) is 8.49. The Morgan fingerprint density at radius 1 is 0.667 bits per heavy atom. The molecule has 1 aliphatic rings. The smallest absolute Gasteiger partial charge is 0.251 e. The zero-order chi connectivity index (χ0) is 38.8. The van der Waals surface area contributed by atoms with Crippen molar-refractivity contribution in [3.8, 4) is 33.6 Å². The fourth-order valence-electron chi connectivity index (χ4n) is 5.62. The van der Waals surface area contributed by atoms with Gasteiger partial charge in [0.05, 0.1) is 11.4 Å². The Morgan fingerprint density at radius 2 is 1.13 bits per heavy atom. The summed E-state index contributed by atoms with van der Waals surface area (Å²) in [5.74, 6) is 1.16. The highest BCUT2D eigenvalue weighted by molar-refractivity contribution is 6.30. The molecule has 0 aliphatic heterocycles. The van der Waals surface area contributed by atoms with E-state index in [4.69, 9.17) is 11.6 Å². The molecule has 278 valence electrons. The Morgan fingerprint density at radius 3 is 1.59 bits per heavy atom. The molecule has 0 atom stereocenters. The van der Waals surface area contributed by atoms with E-state index in [-0.39, 0.29) is 28.7 Å². The predicted octanol–water partition coefficient (Wildman–Crippen LogP) is 7.69. The Kier molecular flexibility index (Phi) is 10.7. The summed E-state index contributed by atoms with van der Waals surface area (Å²) in [6, 6.07) is 24.8. The lowest BCUT2D eigenvalue weighted by molar-refractivity contribution is 0.0910. The van der Waals surface area contributed by atoms with Crippen LogP contribution in [-0.4, -0.2) is 63.3 Å². The molecule has 0 radical (unpaired) electrons. The van der Waals surface area contributed by atoms with E-state index in [9.17, 15) is 14.0 Å². The summed E-state index contributed by atoms with van der Waals surface area (Å²) < 4.78 is 16.6. The zero-order valence-corrected chi connectivity index (χ0v) is 32.0. The third-order valence-electron chi connectivity index (χ3n) is 8.24. The molecule has 0 unspecified atom stereocenters. The molecule has 0 spiro atoms. The molecule has 1 aliphatic carbocycles. The number of carbonyl (C=O) groups excluding carboxylic acids is 2. The van der Waals surface area contributed by atoms with Crippen LogP contribution in [0.2, 0.25) is 5.02 Å². The van der Waals surface area contributed by atoms with Crippen LogP contribution in [0.4, 0.5) is 4.39 Å². The van der Waals surface area contributed by atoms with Crippen LogP contribution < -0.4 is 10.6 Å². The Labute approximate surface area is 318 Å². The summed E-state index contributed by atoms with van der Waals surface area (Å²) in [5.41, 5.74) is 5.23. The number of hydrogen-bond acceptors (Lipinski definition) is 8. The van der Waals surface area contributed by atoms with Gasteiger partial charge >= 0.3 is 0 Å². The summed E-state index contributed by atoms with van der Waals surface area (Å²) in [6.07, 6.45) is 2.13. The highest BCUT2D eigenvalue weighted by Crippen LogP contribution is 2.39. The van der Waals surface area contributed by atoms with Crippen molar-refractivity contribution in [2.24, 2.45) is 0 Å². The zero-order valence-electron chi connectivity index (χ0n) is 31.2. The number of nitrogens with one attached hydrogen (secondary N) is 2. The van der Waals surface area contributed by atoms with Gasteiger partial charge in [-0.25, -0.2) is 4.39 Å². The normalized spacial score (nSPS) is 12.8. The van der Waals surface area contributed by atoms with Gasteiger partial charge in [0.2, 0.25) is 0 Å². The molecule has 1 saturated carbocycles. The molecule has 4 aromatic carbocycles. The lowest BCUT2D eigenvalue weighted by atomic mass is 10.0. The van der Waals surface area contributed by atoms with E-state index >= 15 is 0 Å². The monoisotopic (exact) mass is 748 g/mol.